The summed E-state index contributed by atoms with van der Waals surface area (Å²) in [4.78, 5) is 12.3. The summed E-state index contributed by atoms with van der Waals surface area (Å²) in [7, 11) is -3.00. The molecule has 1 aromatic carbocycles. The van der Waals surface area contributed by atoms with Crippen molar-refractivity contribution in [3.63, 3.8) is 0 Å². The molecule has 3 nitrogen and oxygen atoms in total. The fraction of sp³-hybridized carbons (Fsp3) is 0.500. The summed E-state index contributed by atoms with van der Waals surface area (Å²) in [5.74, 6) is -0.652. The van der Waals surface area contributed by atoms with Crippen LogP contribution < -0.4 is 0 Å². The summed E-state index contributed by atoms with van der Waals surface area (Å²) in [6.45, 7) is 0. The average Bonchev–Trinajstić information content (AvgIpc) is 2.59. The number of ketones is 1. The van der Waals surface area contributed by atoms with Crippen molar-refractivity contribution >= 4 is 15.6 Å². The van der Waals surface area contributed by atoms with Crippen LogP contribution >= 0.6 is 0 Å². The van der Waals surface area contributed by atoms with Gasteiger partial charge in [0.25, 0.3) is 0 Å². The molecule has 2 aliphatic rings. The summed E-state index contributed by atoms with van der Waals surface area (Å²) in [6.07, 6.45) is 2.21. The highest BCUT2D eigenvalue weighted by molar-refractivity contribution is 7.93. The van der Waals surface area contributed by atoms with Crippen LogP contribution in [0.15, 0.2) is 24.3 Å². The number of rotatable bonds is 2. The minimum absolute atomic E-state index is 0.0493. The first-order valence-electron chi connectivity index (χ1n) is 6.51. The van der Waals surface area contributed by atoms with Crippen molar-refractivity contribution in [1.29, 1.82) is 0 Å². The number of Topliss-reactive ketones (excluding diaryl/α,β-unsaturated/α-hetero) is 1. The number of fused-ring (bicyclic) bond motifs is 2. The van der Waals surface area contributed by atoms with Gasteiger partial charge in [-0.25, -0.2) is 12.8 Å². The third-order valence-corrected chi connectivity index (χ3v) is 7.05. The van der Waals surface area contributed by atoms with Gasteiger partial charge < -0.3 is 0 Å². The van der Waals surface area contributed by atoms with Gasteiger partial charge in [0, 0.05) is 11.5 Å². The van der Waals surface area contributed by atoms with Gasteiger partial charge >= 0.3 is 0 Å². The standard InChI is InChI=1S/C14H15FO3S/c15-11-3-1-9(2-4-11)14(16)10-7-12-5-6-13(8-10)19(12,17)18/h1-4,10,12-13H,5-8H2. The molecule has 2 atom stereocenters. The predicted octanol–water partition coefficient (Wildman–Crippen LogP) is 2.36. The quantitative estimate of drug-likeness (QED) is 0.782. The van der Waals surface area contributed by atoms with Crippen LogP contribution in [0.1, 0.15) is 36.0 Å². The maximum Gasteiger partial charge on any atom is 0.166 e. The summed E-state index contributed by atoms with van der Waals surface area (Å²) in [5.41, 5.74) is 0.477. The van der Waals surface area contributed by atoms with Crippen molar-refractivity contribution in [2.24, 2.45) is 5.92 Å². The van der Waals surface area contributed by atoms with Crippen LogP contribution in [-0.4, -0.2) is 24.7 Å². The van der Waals surface area contributed by atoms with Crippen molar-refractivity contribution < 1.29 is 17.6 Å². The summed E-state index contributed by atoms with van der Waals surface area (Å²) in [6, 6.07) is 5.48. The van der Waals surface area contributed by atoms with Gasteiger partial charge in [-0.1, -0.05) is 0 Å². The molecule has 0 amide bonds. The smallest absolute Gasteiger partial charge is 0.166 e. The third kappa shape index (κ3) is 2.10. The van der Waals surface area contributed by atoms with E-state index in [-0.39, 0.29) is 28.0 Å². The van der Waals surface area contributed by atoms with E-state index in [0.29, 0.717) is 31.2 Å². The third-order valence-electron chi connectivity index (χ3n) is 4.33. The zero-order valence-electron chi connectivity index (χ0n) is 10.4. The van der Waals surface area contributed by atoms with E-state index < -0.39 is 9.84 Å². The van der Waals surface area contributed by atoms with E-state index in [4.69, 9.17) is 0 Å². The molecule has 5 heteroatoms. The second kappa shape index (κ2) is 4.40. The average molecular weight is 282 g/mol. The van der Waals surface area contributed by atoms with Gasteiger partial charge in [0.15, 0.2) is 15.6 Å². The van der Waals surface area contributed by atoms with Crippen LogP contribution in [0.25, 0.3) is 0 Å². The van der Waals surface area contributed by atoms with E-state index in [0.717, 1.165) is 0 Å². The number of carbonyl (C=O) groups is 1. The monoisotopic (exact) mass is 282 g/mol. The van der Waals surface area contributed by atoms with Crippen LogP contribution in [-0.2, 0) is 9.84 Å². The number of halogens is 1. The molecule has 2 aliphatic heterocycles. The predicted molar refractivity (Wildman–Crippen MR) is 69.2 cm³/mol. The molecule has 2 bridgehead atoms. The summed E-state index contributed by atoms with van der Waals surface area (Å²) < 4.78 is 36.8. The molecule has 1 aromatic rings. The number of hydrogen-bond donors (Lipinski definition) is 0. The lowest BCUT2D eigenvalue weighted by atomic mass is 9.90. The number of carbonyl (C=O) groups excluding carboxylic acids is 1. The van der Waals surface area contributed by atoms with Gasteiger partial charge in [-0.2, -0.15) is 0 Å². The Balaban J connectivity index is 1.82. The fourth-order valence-electron chi connectivity index (χ4n) is 3.27. The molecule has 19 heavy (non-hydrogen) atoms. The van der Waals surface area contributed by atoms with Gasteiger partial charge in [-0.05, 0) is 49.9 Å². The van der Waals surface area contributed by atoms with Gasteiger partial charge in [0.05, 0.1) is 10.5 Å². The summed E-state index contributed by atoms with van der Waals surface area (Å²) >= 11 is 0. The first-order valence-corrected chi connectivity index (χ1v) is 8.12. The lowest BCUT2D eigenvalue weighted by Crippen LogP contribution is -2.36. The lowest BCUT2D eigenvalue weighted by Gasteiger charge is -2.26. The van der Waals surface area contributed by atoms with Crippen molar-refractivity contribution in [3.05, 3.63) is 35.6 Å². The zero-order valence-corrected chi connectivity index (χ0v) is 11.2. The summed E-state index contributed by atoms with van der Waals surface area (Å²) in [5, 5.41) is -0.693. The Morgan fingerprint density at radius 1 is 1.05 bits per heavy atom. The van der Waals surface area contributed by atoms with Gasteiger partial charge in [0.1, 0.15) is 5.82 Å². The van der Waals surface area contributed by atoms with E-state index in [9.17, 15) is 17.6 Å². The van der Waals surface area contributed by atoms with E-state index in [2.05, 4.69) is 0 Å². The Morgan fingerprint density at radius 2 is 1.58 bits per heavy atom. The van der Waals surface area contributed by atoms with E-state index >= 15 is 0 Å². The molecular weight excluding hydrogens is 267 g/mol. The molecule has 3 rings (SSSR count). The van der Waals surface area contributed by atoms with E-state index in [1.54, 1.807) is 0 Å². The Kier molecular flexibility index (Phi) is 2.96. The Morgan fingerprint density at radius 3 is 2.11 bits per heavy atom. The fourth-order valence-corrected chi connectivity index (χ4v) is 5.75. The van der Waals surface area contributed by atoms with Crippen LogP contribution in [0.3, 0.4) is 0 Å². The lowest BCUT2D eigenvalue weighted by molar-refractivity contribution is 0.0905. The molecule has 2 saturated heterocycles. The number of hydrogen-bond acceptors (Lipinski definition) is 3. The Bertz CT molecular complexity index is 586. The highest BCUT2D eigenvalue weighted by atomic mass is 32.2. The van der Waals surface area contributed by atoms with Crippen LogP contribution in [0.2, 0.25) is 0 Å². The minimum atomic E-state index is -3.00. The van der Waals surface area contributed by atoms with Gasteiger partial charge in [0.2, 0.25) is 0 Å². The second-order valence-electron chi connectivity index (χ2n) is 5.45. The molecule has 0 spiro atoms. The number of sulfone groups is 1. The molecule has 2 unspecified atom stereocenters. The minimum Gasteiger partial charge on any atom is -0.294 e. The van der Waals surface area contributed by atoms with E-state index in [1.807, 2.05) is 0 Å². The van der Waals surface area contributed by atoms with Crippen molar-refractivity contribution in [2.75, 3.05) is 0 Å². The molecule has 0 aliphatic carbocycles. The molecule has 102 valence electrons. The molecule has 0 saturated carbocycles. The van der Waals surface area contributed by atoms with Crippen molar-refractivity contribution in [1.82, 2.24) is 0 Å². The maximum atomic E-state index is 12.8. The first-order chi connectivity index (χ1) is 8.98. The maximum absolute atomic E-state index is 12.8. The van der Waals surface area contributed by atoms with Crippen molar-refractivity contribution in [3.8, 4) is 0 Å². The van der Waals surface area contributed by atoms with Crippen LogP contribution in [0, 0.1) is 11.7 Å². The molecule has 2 fully saturated rings. The normalized spacial score (nSPS) is 32.2. The SMILES string of the molecule is O=C(c1ccc(F)cc1)C1CC2CCC(C1)S2(=O)=O. The largest absolute Gasteiger partial charge is 0.294 e. The van der Waals surface area contributed by atoms with Gasteiger partial charge in [-0.3, -0.25) is 4.79 Å². The Labute approximate surface area is 111 Å². The topological polar surface area (TPSA) is 51.2 Å². The number of benzene rings is 1. The molecule has 0 N–H and O–H groups in total. The molecule has 0 aromatic heterocycles. The first kappa shape index (κ1) is 12.8. The van der Waals surface area contributed by atoms with Gasteiger partial charge in [-0.15, -0.1) is 0 Å². The van der Waals surface area contributed by atoms with Crippen LogP contribution in [0.4, 0.5) is 4.39 Å². The molecule has 0 radical (unpaired) electrons. The zero-order chi connectivity index (χ0) is 13.6. The van der Waals surface area contributed by atoms with E-state index in [1.165, 1.54) is 24.3 Å². The highest BCUT2D eigenvalue weighted by Gasteiger charge is 2.48. The second-order valence-corrected chi connectivity index (χ2v) is 7.96. The molecular formula is C14H15FO3S. The Hall–Kier alpha value is -1.23. The molecule has 2 heterocycles. The van der Waals surface area contributed by atoms with Crippen molar-refractivity contribution in [2.45, 2.75) is 36.2 Å². The van der Waals surface area contributed by atoms with Crippen LogP contribution in [0.5, 0.6) is 0 Å². The highest BCUT2D eigenvalue weighted by Crippen LogP contribution is 2.42.